The van der Waals surface area contributed by atoms with Crippen molar-refractivity contribution in [3.8, 4) is 17.2 Å². The van der Waals surface area contributed by atoms with E-state index in [1.165, 1.54) is 0 Å². The maximum atomic E-state index is 14.9. The molecule has 0 spiro atoms. The molecular weight excluding hydrogens is 428 g/mol. The molecule has 1 heterocycles. The minimum atomic E-state index is -2.82. The first-order valence-corrected chi connectivity index (χ1v) is 9.67. The SMILES string of the molecule is COc1ccc(CN(Cc2ccc(OC)cc2)c2nc(F)c(OCC(F)F)cc2F)cc1. The number of ether oxygens (including phenoxy) is 3. The van der Waals surface area contributed by atoms with Gasteiger partial charge in [0.2, 0.25) is 0 Å². The van der Waals surface area contributed by atoms with Gasteiger partial charge in [-0.05, 0) is 35.4 Å². The van der Waals surface area contributed by atoms with E-state index in [1.54, 1.807) is 67.7 Å². The van der Waals surface area contributed by atoms with E-state index in [-0.39, 0.29) is 18.9 Å². The van der Waals surface area contributed by atoms with Crippen molar-refractivity contribution in [1.29, 1.82) is 0 Å². The third-order valence-electron chi connectivity index (χ3n) is 4.61. The molecule has 0 atom stereocenters. The number of anilines is 1. The topological polar surface area (TPSA) is 43.8 Å². The largest absolute Gasteiger partial charge is 0.497 e. The third kappa shape index (κ3) is 6.03. The highest BCUT2D eigenvalue weighted by atomic mass is 19.3. The monoisotopic (exact) mass is 450 g/mol. The van der Waals surface area contributed by atoms with Crippen LogP contribution in [0.5, 0.6) is 17.2 Å². The molecule has 0 aliphatic heterocycles. The van der Waals surface area contributed by atoms with E-state index in [9.17, 15) is 17.6 Å². The van der Waals surface area contributed by atoms with Crippen molar-refractivity contribution in [2.24, 2.45) is 0 Å². The lowest BCUT2D eigenvalue weighted by Crippen LogP contribution is -2.25. The average molecular weight is 450 g/mol. The van der Waals surface area contributed by atoms with E-state index in [4.69, 9.17) is 9.47 Å². The number of rotatable bonds is 10. The predicted octanol–water partition coefficient (Wildman–Crippen LogP) is 5.23. The first-order valence-electron chi connectivity index (χ1n) is 9.67. The summed E-state index contributed by atoms with van der Waals surface area (Å²) in [5, 5.41) is 0. The van der Waals surface area contributed by atoms with Crippen LogP contribution in [0.4, 0.5) is 23.4 Å². The number of hydrogen-bond acceptors (Lipinski definition) is 5. The molecule has 0 radical (unpaired) electrons. The third-order valence-corrected chi connectivity index (χ3v) is 4.61. The van der Waals surface area contributed by atoms with E-state index in [0.29, 0.717) is 11.5 Å². The summed E-state index contributed by atoms with van der Waals surface area (Å²) in [6, 6.07) is 15.0. The maximum Gasteiger partial charge on any atom is 0.272 e. The number of alkyl halides is 2. The Bertz CT molecular complexity index is 966. The van der Waals surface area contributed by atoms with Crippen molar-refractivity contribution in [2.45, 2.75) is 19.5 Å². The standard InChI is InChI=1S/C23H22F4N2O3/c1-30-17-7-3-15(4-8-17)12-29(13-16-5-9-18(31-2)10-6-16)23-19(24)11-20(22(27)28-23)32-14-21(25)26/h3-11,21H,12-14H2,1-2H3. The van der Waals surface area contributed by atoms with Gasteiger partial charge in [0.15, 0.2) is 17.4 Å². The van der Waals surface area contributed by atoms with Gasteiger partial charge >= 0.3 is 0 Å². The molecule has 0 aliphatic rings. The summed E-state index contributed by atoms with van der Waals surface area (Å²) in [7, 11) is 3.09. The Morgan fingerprint density at radius 1 is 0.844 bits per heavy atom. The van der Waals surface area contributed by atoms with Crippen LogP contribution in [0.25, 0.3) is 0 Å². The van der Waals surface area contributed by atoms with Crippen molar-refractivity contribution >= 4 is 5.82 Å². The first kappa shape index (κ1) is 23.2. The highest BCUT2D eigenvalue weighted by Crippen LogP contribution is 2.28. The summed E-state index contributed by atoms with van der Waals surface area (Å²) in [6.45, 7) is -0.647. The van der Waals surface area contributed by atoms with Gasteiger partial charge in [0.1, 0.15) is 18.1 Å². The van der Waals surface area contributed by atoms with Crippen LogP contribution in [-0.4, -0.2) is 32.2 Å². The van der Waals surface area contributed by atoms with Crippen LogP contribution in [0.15, 0.2) is 54.6 Å². The molecular formula is C23H22F4N2O3. The molecule has 9 heteroatoms. The number of methoxy groups -OCH3 is 2. The Morgan fingerprint density at radius 2 is 1.34 bits per heavy atom. The Balaban J connectivity index is 1.91. The quantitative estimate of drug-likeness (QED) is 0.313. The normalized spacial score (nSPS) is 10.8. The lowest BCUT2D eigenvalue weighted by atomic mass is 10.1. The Labute approximate surface area is 183 Å². The molecule has 2 aromatic carbocycles. The van der Waals surface area contributed by atoms with Crippen LogP contribution < -0.4 is 19.1 Å². The zero-order valence-electron chi connectivity index (χ0n) is 17.5. The van der Waals surface area contributed by atoms with E-state index in [0.717, 1.165) is 17.2 Å². The van der Waals surface area contributed by atoms with Gasteiger partial charge in [-0.2, -0.15) is 9.37 Å². The van der Waals surface area contributed by atoms with Gasteiger partial charge in [-0.3, -0.25) is 0 Å². The maximum absolute atomic E-state index is 14.9. The van der Waals surface area contributed by atoms with Crippen LogP contribution >= 0.6 is 0 Å². The summed E-state index contributed by atoms with van der Waals surface area (Å²) in [6.07, 6.45) is -2.82. The second-order valence-corrected chi connectivity index (χ2v) is 6.84. The molecule has 5 nitrogen and oxygen atoms in total. The Kier molecular flexibility index (Phi) is 7.75. The molecule has 32 heavy (non-hydrogen) atoms. The van der Waals surface area contributed by atoms with Crippen LogP contribution in [0.2, 0.25) is 0 Å². The molecule has 1 aromatic heterocycles. The van der Waals surface area contributed by atoms with Crippen molar-refractivity contribution in [3.05, 3.63) is 77.5 Å². The zero-order valence-corrected chi connectivity index (χ0v) is 17.5. The van der Waals surface area contributed by atoms with E-state index < -0.39 is 30.5 Å². The summed E-state index contributed by atoms with van der Waals surface area (Å²) in [5.74, 6) is -1.68. The van der Waals surface area contributed by atoms with Crippen LogP contribution in [0.1, 0.15) is 11.1 Å². The predicted molar refractivity (Wildman–Crippen MR) is 112 cm³/mol. The van der Waals surface area contributed by atoms with Gasteiger partial charge in [-0.25, -0.2) is 13.2 Å². The molecule has 3 rings (SSSR count). The second-order valence-electron chi connectivity index (χ2n) is 6.84. The number of benzene rings is 2. The van der Waals surface area contributed by atoms with E-state index in [1.807, 2.05) is 0 Å². The minimum absolute atomic E-state index is 0.205. The number of nitrogens with zero attached hydrogens (tertiary/aromatic N) is 2. The van der Waals surface area contributed by atoms with Gasteiger partial charge in [-0.15, -0.1) is 0 Å². The van der Waals surface area contributed by atoms with Crippen molar-refractivity contribution in [1.82, 2.24) is 4.98 Å². The highest BCUT2D eigenvalue weighted by Gasteiger charge is 2.20. The number of halogens is 4. The van der Waals surface area contributed by atoms with E-state index in [2.05, 4.69) is 9.72 Å². The molecule has 3 aromatic rings. The molecule has 0 saturated heterocycles. The number of pyridine rings is 1. The van der Waals surface area contributed by atoms with Gasteiger partial charge in [0.05, 0.1) is 14.2 Å². The fourth-order valence-electron chi connectivity index (χ4n) is 3.02. The number of hydrogen-bond donors (Lipinski definition) is 0. The van der Waals surface area contributed by atoms with Gasteiger partial charge < -0.3 is 19.1 Å². The zero-order chi connectivity index (χ0) is 23.1. The summed E-state index contributed by atoms with van der Waals surface area (Å²) < 4.78 is 68.9. The highest BCUT2D eigenvalue weighted by molar-refractivity contribution is 5.45. The lowest BCUT2D eigenvalue weighted by Gasteiger charge is -2.25. The second kappa shape index (κ2) is 10.7. The Morgan fingerprint density at radius 3 is 1.78 bits per heavy atom. The van der Waals surface area contributed by atoms with Crippen LogP contribution in [0, 0.1) is 11.8 Å². The molecule has 0 bridgehead atoms. The van der Waals surface area contributed by atoms with Crippen molar-refractivity contribution in [2.75, 3.05) is 25.7 Å². The van der Waals surface area contributed by atoms with Gasteiger partial charge in [0.25, 0.3) is 12.4 Å². The van der Waals surface area contributed by atoms with Gasteiger partial charge in [-0.1, -0.05) is 24.3 Å². The smallest absolute Gasteiger partial charge is 0.272 e. The fourth-order valence-corrected chi connectivity index (χ4v) is 3.02. The molecule has 0 amide bonds. The summed E-state index contributed by atoms with van der Waals surface area (Å²) >= 11 is 0. The average Bonchev–Trinajstić information content (AvgIpc) is 2.80. The molecule has 0 fully saturated rings. The number of aromatic nitrogens is 1. The molecule has 0 unspecified atom stereocenters. The molecule has 0 saturated carbocycles. The molecule has 0 aliphatic carbocycles. The molecule has 0 N–H and O–H groups in total. The summed E-state index contributed by atoms with van der Waals surface area (Å²) in [4.78, 5) is 5.22. The first-order chi connectivity index (χ1) is 15.4. The van der Waals surface area contributed by atoms with Crippen molar-refractivity contribution in [3.63, 3.8) is 0 Å². The molecule has 170 valence electrons. The van der Waals surface area contributed by atoms with Gasteiger partial charge in [0, 0.05) is 19.2 Å². The lowest BCUT2D eigenvalue weighted by molar-refractivity contribution is 0.0792. The summed E-state index contributed by atoms with van der Waals surface area (Å²) in [5.41, 5.74) is 1.61. The minimum Gasteiger partial charge on any atom is -0.497 e. The fraction of sp³-hybridized carbons (Fsp3) is 0.261. The van der Waals surface area contributed by atoms with E-state index >= 15 is 0 Å². The van der Waals surface area contributed by atoms with Crippen LogP contribution in [0.3, 0.4) is 0 Å². The Hall–Kier alpha value is -3.49. The van der Waals surface area contributed by atoms with Crippen LogP contribution in [-0.2, 0) is 13.1 Å². The van der Waals surface area contributed by atoms with Crippen molar-refractivity contribution < 1.29 is 31.8 Å².